The van der Waals surface area contributed by atoms with Gasteiger partial charge in [-0.15, -0.1) is 0 Å². The van der Waals surface area contributed by atoms with Gasteiger partial charge in [0.25, 0.3) is 0 Å². The normalized spacial score (nSPS) is 12.1. The zero-order chi connectivity index (χ0) is 25.3. The molecule has 1 atom stereocenters. The maximum Gasteiger partial charge on any atom is 0.244 e. The fourth-order valence-electron chi connectivity index (χ4n) is 3.62. The molecule has 0 aliphatic carbocycles. The maximum absolute atomic E-state index is 13.6. The zero-order valence-corrected chi connectivity index (χ0v) is 21.8. The monoisotopic (exact) mass is 507 g/mol. The number of aryl methyl sites for hydroxylation is 1. The molecule has 1 N–H and O–H groups in total. The van der Waals surface area contributed by atoms with Gasteiger partial charge in [0.15, 0.2) is 0 Å². The second kappa shape index (κ2) is 12.8. The fraction of sp³-hybridized carbons (Fsp3) is 0.440. The van der Waals surface area contributed by atoms with Gasteiger partial charge in [0.1, 0.15) is 12.6 Å². The van der Waals surface area contributed by atoms with Crippen molar-refractivity contribution in [2.45, 2.75) is 52.6 Å². The topological polar surface area (TPSA) is 86.8 Å². The van der Waals surface area contributed by atoms with E-state index in [1.807, 2.05) is 45.0 Å². The lowest BCUT2D eigenvalue weighted by atomic mass is 10.1. The van der Waals surface area contributed by atoms with Crippen molar-refractivity contribution in [2.75, 3.05) is 23.7 Å². The summed E-state index contributed by atoms with van der Waals surface area (Å²) >= 11 is 5.95. The molecule has 0 fully saturated rings. The third kappa shape index (κ3) is 7.74. The SMILES string of the molecule is CCCCNC(=O)[C@H](CC)N(Cc1ccccc1C)C(=O)CN(c1ccc(Cl)cc1)S(C)(=O)=O. The highest BCUT2D eigenvalue weighted by Crippen LogP contribution is 2.22. The van der Waals surface area contributed by atoms with Crippen molar-refractivity contribution >= 4 is 39.1 Å². The van der Waals surface area contributed by atoms with Gasteiger partial charge in [-0.05, 0) is 55.2 Å². The van der Waals surface area contributed by atoms with Crippen LogP contribution in [0.5, 0.6) is 0 Å². The van der Waals surface area contributed by atoms with Crippen LogP contribution in [0.4, 0.5) is 5.69 Å². The largest absolute Gasteiger partial charge is 0.354 e. The summed E-state index contributed by atoms with van der Waals surface area (Å²) in [5.74, 6) is -0.698. The molecule has 0 saturated heterocycles. The molecule has 0 spiro atoms. The quantitative estimate of drug-likeness (QED) is 0.437. The van der Waals surface area contributed by atoms with E-state index in [2.05, 4.69) is 5.32 Å². The molecule has 9 heteroatoms. The lowest BCUT2D eigenvalue weighted by molar-refractivity contribution is -0.140. The predicted octanol–water partition coefficient (Wildman–Crippen LogP) is 4.14. The van der Waals surface area contributed by atoms with Gasteiger partial charge in [-0.1, -0.05) is 56.1 Å². The second-order valence-electron chi connectivity index (χ2n) is 8.26. The van der Waals surface area contributed by atoms with Crippen LogP contribution in [-0.2, 0) is 26.2 Å². The number of rotatable bonds is 12. The van der Waals surface area contributed by atoms with E-state index in [4.69, 9.17) is 11.6 Å². The summed E-state index contributed by atoms with van der Waals surface area (Å²) in [6.45, 7) is 6.12. The molecule has 0 heterocycles. The van der Waals surface area contributed by atoms with Gasteiger partial charge in [0.2, 0.25) is 21.8 Å². The summed E-state index contributed by atoms with van der Waals surface area (Å²) in [5.41, 5.74) is 2.21. The Morgan fingerprint density at radius 3 is 2.26 bits per heavy atom. The Bertz CT molecular complexity index is 1070. The van der Waals surface area contributed by atoms with Crippen LogP contribution in [0.1, 0.15) is 44.2 Å². The number of sulfonamides is 1. The Morgan fingerprint density at radius 2 is 1.71 bits per heavy atom. The number of benzene rings is 2. The van der Waals surface area contributed by atoms with Crippen molar-refractivity contribution in [3.63, 3.8) is 0 Å². The number of anilines is 1. The first kappa shape index (κ1) is 27.7. The lowest BCUT2D eigenvalue weighted by Crippen LogP contribution is -2.52. The van der Waals surface area contributed by atoms with Gasteiger partial charge in [0.05, 0.1) is 11.9 Å². The molecular formula is C25H34ClN3O4S. The summed E-state index contributed by atoms with van der Waals surface area (Å²) in [6.07, 6.45) is 3.23. The number of hydrogen-bond donors (Lipinski definition) is 1. The van der Waals surface area contributed by atoms with Crippen LogP contribution in [0, 0.1) is 6.92 Å². The van der Waals surface area contributed by atoms with E-state index in [1.54, 1.807) is 24.3 Å². The number of unbranched alkanes of at least 4 members (excludes halogenated alkanes) is 1. The van der Waals surface area contributed by atoms with Crippen LogP contribution in [-0.4, -0.2) is 50.5 Å². The van der Waals surface area contributed by atoms with Crippen LogP contribution in [0.25, 0.3) is 0 Å². The maximum atomic E-state index is 13.6. The molecule has 0 bridgehead atoms. The highest BCUT2D eigenvalue weighted by Gasteiger charge is 2.31. The van der Waals surface area contributed by atoms with Crippen molar-refractivity contribution < 1.29 is 18.0 Å². The standard InChI is InChI=1S/C25H34ClN3O4S/c1-5-7-16-27-25(31)23(6-2)28(17-20-11-9-8-10-19(20)3)24(30)18-29(34(4,32)33)22-14-12-21(26)13-15-22/h8-15,23H,5-7,16-18H2,1-4H3,(H,27,31)/t23-/m0/s1. The number of nitrogens with zero attached hydrogens (tertiary/aromatic N) is 2. The van der Waals surface area contributed by atoms with Crippen LogP contribution in [0.2, 0.25) is 5.02 Å². The Morgan fingerprint density at radius 1 is 1.06 bits per heavy atom. The molecule has 2 aromatic carbocycles. The van der Waals surface area contributed by atoms with E-state index in [0.717, 1.165) is 34.5 Å². The van der Waals surface area contributed by atoms with Gasteiger partial charge in [0, 0.05) is 18.1 Å². The minimum atomic E-state index is -3.77. The smallest absolute Gasteiger partial charge is 0.244 e. The Balaban J connectivity index is 2.40. The number of halogens is 1. The van der Waals surface area contributed by atoms with Gasteiger partial charge in [-0.2, -0.15) is 0 Å². The van der Waals surface area contributed by atoms with E-state index >= 15 is 0 Å². The van der Waals surface area contributed by atoms with Gasteiger partial charge in [-0.3, -0.25) is 13.9 Å². The molecule has 0 unspecified atom stereocenters. The molecule has 2 amide bonds. The molecule has 34 heavy (non-hydrogen) atoms. The molecule has 7 nitrogen and oxygen atoms in total. The van der Waals surface area contributed by atoms with Crippen molar-refractivity contribution in [3.05, 3.63) is 64.7 Å². The van der Waals surface area contributed by atoms with Crippen molar-refractivity contribution in [1.82, 2.24) is 10.2 Å². The van der Waals surface area contributed by atoms with Crippen molar-refractivity contribution in [3.8, 4) is 0 Å². The van der Waals surface area contributed by atoms with E-state index in [1.165, 1.54) is 4.90 Å². The van der Waals surface area contributed by atoms with Crippen LogP contribution >= 0.6 is 11.6 Å². The van der Waals surface area contributed by atoms with Gasteiger partial charge < -0.3 is 10.2 Å². The predicted molar refractivity (Wildman–Crippen MR) is 137 cm³/mol. The van der Waals surface area contributed by atoms with Crippen LogP contribution in [0.3, 0.4) is 0 Å². The van der Waals surface area contributed by atoms with Gasteiger partial charge >= 0.3 is 0 Å². The third-order valence-corrected chi connectivity index (χ3v) is 7.00. The molecule has 186 valence electrons. The average molecular weight is 508 g/mol. The minimum Gasteiger partial charge on any atom is -0.354 e. The van der Waals surface area contributed by atoms with Gasteiger partial charge in [-0.25, -0.2) is 8.42 Å². The zero-order valence-electron chi connectivity index (χ0n) is 20.3. The first-order valence-corrected chi connectivity index (χ1v) is 13.7. The molecule has 0 radical (unpaired) electrons. The molecule has 0 saturated carbocycles. The number of amides is 2. The fourth-order valence-corrected chi connectivity index (χ4v) is 4.59. The molecule has 2 aromatic rings. The van der Waals surface area contributed by atoms with Crippen LogP contribution in [0.15, 0.2) is 48.5 Å². The number of nitrogens with one attached hydrogen (secondary N) is 1. The molecular weight excluding hydrogens is 474 g/mol. The second-order valence-corrected chi connectivity index (χ2v) is 10.6. The minimum absolute atomic E-state index is 0.198. The lowest BCUT2D eigenvalue weighted by Gasteiger charge is -2.33. The van der Waals surface area contributed by atoms with Crippen LogP contribution < -0.4 is 9.62 Å². The summed E-state index contributed by atoms with van der Waals surface area (Å²) in [6, 6.07) is 13.2. The Labute approximate surface area is 208 Å². The number of carbonyl (C=O) groups excluding carboxylic acids is 2. The average Bonchev–Trinajstić information content (AvgIpc) is 2.78. The summed E-state index contributed by atoms with van der Waals surface area (Å²) in [7, 11) is -3.77. The third-order valence-electron chi connectivity index (χ3n) is 5.61. The number of carbonyl (C=O) groups is 2. The Kier molecular flexibility index (Phi) is 10.4. The summed E-state index contributed by atoms with van der Waals surface area (Å²) in [5, 5.41) is 3.37. The molecule has 2 rings (SSSR count). The summed E-state index contributed by atoms with van der Waals surface area (Å²) < 4.78 is 26.2. The summed E-state index contributed by atoms with van der Waals surface area (Å²) in [4.78, 5) is 28.1. The molecule has 0 aliphatic heterocycles. The van der Waals surface area contributed by atoms with E-state index in [9.17, 15) is 18.0 Å². The van der Waals surface area contributed by atoms with Crippen molar-refractivity contribution in [1.29, 1.82) is 0 Å². The van der Waals surface area contributed by atoms with E-state index in [-0.39, 0.29) is 12.5 Å². The highest BCUT2D eigenvalue weighted by atomic mass is 35.5. The molecule has 0 aliphatic rings. The van der Waals surface area contributed by atoms with E-state index in [0.29, 0.717) is 23.7 Å². The van der Waals surface area contributed by atoms with Crippen molar-refractivity contribution in [2.24, 2.45) is 0 Å². The number of hydrogen-bond acceptors (Lipinski definition) is 4. The first-order valence-electron chi connectivity index (χ1n) is 11.4. The first-order chi connectivity index (χ1) is 16.1. The highest BCUT2D eigenvalue weighted by molar-refractivity contribution is 7.92. The molecule has 0 aromatic heterocycles. The Hall–Kier alpha value is -2.58. The van der Waals surface area contributed by atoms with E-state index < -0.39 is 28.5 Å².